The third kappa shape index (κ3) is 4.29. The average molecular weight is 356 g/mol. The van der Waals surface area contributed by atoms with Crippen molar-refractivity contribution in [2.24, 2.45) is 11.8 Å². The summed E-state index contributed by atoms with van der Waals surface area (Å²) in [6.07, 6.45) is 7.20. The Kier molecular flexibility index (Phi) is 5.47. The fourth-order valence-corrected chi connectivity index (χ4v) is 5.92. The van der Waals surface area contributed by atoms with Crippen LogP contribution >= 0.6 is 0 Å². The minimum atomic E-state index is -3.03. The zero-order valence-electron chi connectivity index (χ0n) is 14.3. The summed E-state index contributed by atoms with van der Waals surface area (Å²) < 4.78 is 23.1. The highest BCUT2D eigenvalue weighted by Gasteiger charge is 2.36. The maximum Gasteiger partial charge on any atom is 0.226 e. The van der Waals surface area contributed by atoms with E-state index in [4.69, 9.17) is 0 Å². The Hall–Kier alpha value is -1.11. The number of amides is 2. The van der Waals surface area contributed by atoms with Crippen molar-refractivity contribution >= 4 is 21.7 Å². The fourth-order valence-electron chi connectivity index (χ4n) is 4.19. The molecule has 3 fully saturated rings. The predicted octanol–water partition coefficient (Wildman–Crippen LogP) is 1.06. The van der Waals surface area contributed by atoms with E-state index in [0.29, 0.717) is 44.9 Å². The van der Waals surface area contributed by atoms with Crippen LogP contribution in [-0.2, 0) is 19.4 Å². The SMILES string of the molecule is O=C(CC1CCCCC1)N1CCN(C(=O)C2CCS(=O)(=O)C2)CC1. The standard InChI is InChI=1S/C17H28N2O4S/c20-16(12-14-4-2-1-3-5-14)18-7-9-19(10-8-18)17(21)15-6-11-24(22,23)13-15/h14-15H,1-13H2. The molecule has 3 rings (SSSR count). The highest BCUT2D eigenvalue weighted by molar-refractivity contribution is 7.91. The Morgan fingerprint density at radius 2 is 1.50 bits per heavy atom. The Balaban J connectivity index is 1.45. The largest absolute Gasteiger partial charge is 0.339 e. The molecule has 2 amide bonds. The summed E-state index contributed by atoms with van der Waals surface area (Å²) in [6, 6.07) is 0. The van der Waals surface area contributed by atoms with E-state index in [2.05, 4.69) is 0 Å². The number of sulfone groups is 1. The van der Waals surface area contributed by atoms with Crippen LogP contribution in [0.3, 0.4) is 0 Å². The average Bonchev–Trinajstić information content (AvgIpc) is 2.95. The molecule has 0 N–H and O–H groups in total. The molecule has 0 spiro atoms. The van der Waals surface area contributed by atoms with Crippen molar-refractivity contribution in [3.8, 4) is 0 Å². The molecule has 6 nitrogen and oxygen atoms in total. The zero-order chi connectivity index (χ0) is 17.2. The Labute approximate surface area is 144 Å². The van der Waals surface area contributed by atoms with Gasteiger partial charge >= 0.3 is 0 Å². The number of nitrogens with zero attached hydrogens (tertiary/aromatic N) is 2. The fraction of sp³-hybridized carbons (Fsp3) is 0.882. The topological polar surface area (TPSA) is 74.8 Å². The lowest BCUT2D eigenvalue weighted by atomic mass is 9.86. The van der Waals surface area contributed by atoms with E-state index in [1.165, 1.54) is 32.1 Å². The Morgan fingerprint density at radius 1 is 0.875 bits per heavy atom. The summed E-state index contributed by atoms with van der Waals surface area (Å²) in [5, 5.41) is 0. The van der Waals surface area contributed by atoms with Gasteiger partial charge in [0.1, 0.15) is 0 Å². The second-order valence-corrected chi connectivity index (χ2v) is 9.74. The van der Waals surface area contributed by atoms with Crippen molar-refractivity contribution in [3.05, 3.63) is 0 Å². The van der Waals surface area contributed by atoms with Gasteiger partial charge in [-0.2, -0.15) is 0 Å². The summed E-state index contributed by atoms with van der Waals surface area (Å²) >= 11 is 0. The molecule has 0 radical (unpaired) electrons. The molecule has 1 saturated carbocycles. The van der Waals surface area contributed by atoms with Crippen molar-refractivity contribution in [1.82, 2.24) is 9.80 Å². The molecule has 0 aromatic carbocycles. The van der Waals surface area contributed by atoms with Crippen molar-refractivity contribution in [2.75, 3.05) is 37.7 Å². The molecule has 0 aromatic heterocycles. The summed E-state index contributed by atoms with van der Waals surface area (Å²) in [4.78, 5) is 28.5. The van der Waals surface area contributed by atoms with Crippen LogP contribution in [0.2, 0.25) is 0 Å². The van der Waals surface area contributed by atoms with E-state index in [9.17, 15) is 18.0 Å². The smallest absolute Gasteiger partial charge is 0.226 e. The third-order valence-electron chi connectivity index (χ3n) is 5.71. The van der Waals surface area contributed by atoms with Crippen LogP contribution < -0.4 is 0 Å². The molecular weight excluding hydrogens is 328 g/mol. The molecule has 1 aliphatic carbocycles. The van der Waals surface area contributed by atoms with Crippen LogP contribution in [-0.4, -0.2) is 67.7 Å². The molecule has 3 aliphatic rings. The van der Waals surface area contributed by atoms with Crippen molar-refractivity contribution < 1.29 is 18.0 Å². The highest BCUT2D eigenvalue weighted by atomic mass is 32.2. The van der Waals surface area contributed by atoms with E-state index in [1.807, 2.05) is 4.90 Å². The zero-order valence-corrected chi connectivity index (χ0v) is 15.1. The molecule has 2 aliphatic heterocycles. The number of carbonyl (C=O) groups excluding carboxylic acids is 2. The normalized spacial score (nSPS) is 28.1. The summed E-state index contributed by atoms with van der Waals surface area (Å²) in [7, 11) is -3.03. The van der Waals surface area contributed by atoms with Gasteiger partial charge in [-0.05, 0) is 25.2 Å². The molecule has 2 heterocycles. The van der Waals surface area contributed by atoms with Crippen LogP contribution in [0.4, 0.5) is 0 Å². The molecule has 0 bridgehead atoms. The quantitative estimate of drug-likeness (QED) is 0.758. The first-order chi connectivity index (χ1) is 11.4. The van der Waals surface area contributed by atoms with Crippen molar-refractivity contribution in [2.45, 2.75) is 44.9 Å². The van der Waals surface area contributed by atoms with Crippen LogP contribution in [0.5, 0.6) is 0 Å². The number of hydrogen-bond donors (Lipinski definition) is 0. The van der Waals surface area contributed by atoms with Gasteiger partial charge in [0.25, 0.3) is 0 Å². The van der Waals surface area contributed by atoms with E-state index in [0.717, 1.165) is 0 Å². The van der Waals surface area contributed by atoms with Crippen LogP contribution in [0.15, 0.2) is 0 Å². The first kappa shape index (κ1) is 17.7. The van der Waals surface area contributed by atoms with E-state index in [1.54, 1.807) is 4.90 Å². The molecule has 1 unspecified atom stereocenters. The second kappa shape index (κ2) is 7.42. The molecule has 136 valence electrons. The lowest BCUT2D eigenvalue weighted by Crippen LogP contribution is -2.52. The molecular formula is C17H28N2O4S. The maximum absolute atomic E-state index is 12.4. The molecule has 24 heavy (non-hydrogen) atoms. The van der Waals surface area contributed by atoms with Crippen molar-refractivity contribution in [1.29, 1.82) is 0 Å². The van der Waals surface area contributed by atoms with Gasteiger partial charge in [0, 0.05) is 32.6 Å². The lowest BCUT2D eigenvalue weighted by Gasteiger charge is -2.36. The van der Waals surface area contributed by atoms with Gasteiger partial charge in [-0.25, -0.2) is 8.42 Å². The van der Waals surface area contributed by atoms with Crippen LogP contribution in [0, 0.1) is 11.8 Å². The Bertz CT molecular complexity index is 575. The van der Waals surface area contributed by atoms with Crippen molar-refractivity contribution in [3.63, 3.8) is 0 Å². The first-order valence-electron chi connectivity index (χ1n) is 9.21. The molecule has 1 atom stereocenters. The minimum Gasteiger partial charge on any atom is -0.339 e. The van der Waals surface area contributed by atoms with Gasteiger partial charge in [0.05, 0.1) is 17.4 Å². The monoisotopic (exact) mass is 356 g/mol. The number of rotatable bonds is 3. The van der Waals surface area contributed by atoms with Gasteiger partial charge in [-0.3, -0.25) is 9.59 Å². The van der Waals surface area contributed by atoms with Gasteiger partial charge in [0.2, 0.25) is 11.8 Å². The molecule has 7 heteroatoms. The number of carbonyl (C=O) groups is 2. The van der Waals surface area contributed by atoms with Gasteiger partial charge in [0.15, 0.2) is 9.84 Å². The number of piperazine rings is 1. The molecule has 2 saturated heterocycles. The second-order valence-electron chi connectivity index (χ2n) is 7.51. The predicted molar refractivity (Wildman–Crippen MR) is 91.1 cm³/mol. The van der Waals surface area contributed by atoms with E-state index >= 15 is 0 Å². The van der Waals surface area contributed by atoms with E-state index in [-0.39, 0.29) is 29.2 Å². The minimum absolute atomic E-state index is 0.00728. The summed E-state index contributed by atoms with van der Waals surface area (Å²) in [6.45, 7) is 2.23. The first-order valence-corrected chi connectivity index (χ1v) is 11.0. The van der Waals surface area contributed by atoms with Gasteiger partial charge < -0.3 is 9.80 Å². The summed E-state index contributed by atoms with van der Waals surface area (Å²) in [5.74, 6) is 0.456. The highest BCUT2D eigenvalue weighted by Crippen LogP contribution is 2.27. The number of hydrogen-bond acceptors (Lipinski definition) is 4. The van der Waals surface area contributed by atoms with Crippen LogP contribution in [0.1, 0.15) is 44.9 Å². The molecule has 0 aromatic rings. The third-order valence-corrected chi connectivity index (χ3v) is 7.48. The van der Waals surface area contributed by atoms with Crippen LogP contribution in [0.25, 0.3) is 0 Å². The Morgan fingerprint density at radius 3 is 2.08 bits per heavy atom. The maximum atomic E-state index is 12.4. The van der Waals surface area contributed by atoms with E-state index < -0.39 is 9.84 Å². The summed E-state index contributed by atoms with van der Waals surface area (Å²) in [5.41, 5.74) is 0. The lowest BCUT2D eigenvalue weighted by molar-refractivity contribution is -0.142. The van der Waals surface area contributed by atoms with Gasteiger partial charge in [-0.1, -0.05) is 19.3 Å². The van der Waals surface area contributed by atoms with Gasteiger partial charge in [-0.15, -0.1) is 0 Å².